The number of carbonyl (C=O) groups is 1. The monoisotopic (exact) mass is 367 g/mol. The first-order valence-corrected chi connectivity index (χ1v) is 8.67. The lowest BCUT2D eigenvalue weighted by atomic mass is 9.87. The van der Waals surface area contributed by atoms with Crippen LogP contribution in [0.4, 0.5) is 5.69 Å². The number of carbonyl (C=O) groups excluding carboxylic acids is 1. The number of rotatable bonds is 5. The molecule has 0 heterocycles. The van der Waals surface area contributed by atoms with Crippen molar-refractivity contribution in [3.05, 3.63) is 76.5 Å². The third-order valence-electron chi connectivity index (χ3n) is 3.87. The van der Waals surface area contributed by atoms with Crippen molar-refractivity contribution in [3.63, 3.8) is 0 Å². The maximum absolute atomic E-state index is 12.2. The van der Waals surface area contributed by atoms with Gasteiger partial charge in [-0.25, -0.2) is 0 Å². The number of hydrogen-bond donors (Lipinski definition) is 2. The van der Waals surface area contributed by atoms with Gasteiger partial charge in [-0.3, -0.25) is 4.79 Å². The van der Waals surface area contributed by atoms with Crippen LogP contribution in [0.2, 0.25) is 5.02 Å². The Morgan fingerprint density at radius 1 is 1.12 bits per heavy atom. The summed E-state index contributed by atoms with van der Waals surface area (Å²) in [6, 6.07) is 17.0. The number of nitrogens with one attached hydrogen (secondary N) is 2. The van der Waals surface area contributed by atoms with Gasteiger partial charge in [0.1, 0.15) is 11.6 Å². The molecule has 0 bridgehead atoms. The zero-order valence-corrected chi connectivity index (χ0v) is 15.9. The summed E-state index contributed by atoms with van der Waals surface area (Å²) in [7, 11) is 0. The lowest BCUT2D eigenvalue weighted by Crippen LogP contribution is -2.24. The summed E-state index contributed by atoms with van der Waals surface area (Å²) in [6.45, 7) is 6.77. The van der Waals surface area contributed by atoms with Gasteiger partial charge in [0.25, 0.3) is 5.91 Å². The Balaban J connectivity index is 1.97. The molecule has 0 saturated heterocycles. The number of amides is 1. The fraction of sp³-hybridized carbons (Fsp3) is 0.238. The van der Waals surface area contributed by atoms with Crippen LogP contribution >= 0.6 is 11.6 Å². The highest BCUT2D eigenvalue weighted by Crippen LogP contribution is 2.23. The molecule has 134 valence electrons. The maximum atomic E-state index is 12.2. The van der Waals surface area contributed by atoms with E-state index < -0.39 is 5.91 Å². The fourth-order valence-electron chi connectivity index (χ4n) is 2.25. The second-order valence-electron chi connectivity index (χ2n) is 6.95. The van der Waals surface area contributed by atoms with E-state index in [0.29, 0.717) is 11.6 Å². The predicted octanol–water partition coefficient (Wildman–Crippen LogP) is 4.77. The molecule has 26 heavy (non-hydrogen) atoms. The highest BCUT2D eigenvalue weighted by molar-refractivity contribution is 6.30. The van der Waals surface area contributed by atoms with Gasteiger partial charge in [-0.1, -0.05) is 56.6 Å². The summed E-state index contributed by atoms with van der Waals surface area (Å²) >= 11 is 5.83. The Labute approximate surface area is 159 Å². The molecular formula is C21H22ClN3O. The molecule has 0 aromatic heterocycles. The minimum absolute atomic E-state index is 0.0128. The van der Waals surface area contributed by atoms with Crippen molar-refractivity contribution in [2.75, 3.05) is 5.32 Å². The van der Waals surface area contributed by atoms with Gasteiger partial charge in [0.05, 0.1) is 0 Å². The van der Waals surface area contributed by atoms with Crippen LogP contribution in [0.25, 0.3) is 0 Å². The van der Waals surface area contributed by atoms with Gasteiger partial charge in [-0.05, 0) is 40.8 Å². The van der Waals surface area contributed by atoms with E-state index in [2.05, 4.69) is 31.4 Å². The smallest absolute Gasteiger partial charge is 0.263 e. The van der Waals surface area contributed by atoms with Gasteiger partial charge in [-0.2, -0.15) is 5.26 Å². The molecule has 0 atom stereocenters. The first-order chi connectivity index (χ1) is 12.3. The molecule has 0 saturated carbocycles. The van der Waals surface area contributed by atoms with Crippen molar-refractivity contribution >= 4 is 23.2 Å². The number of halogens is 1. The molecule has 5 heteroatoms. The number of nitrogens with zero attached hydrogens (tertiary/aromatic N) is 1. The minimum atomic E-state index is -0.429. The average molecular weight is 368 g/mol. The van der Waals surface area contributed by atoms with Gasteiger partial charge in [0.15, 0.2) is 0 Å². The largest absolute Gasteiger partial charge is 0.360 e. The number of anilines is 1. The van der Waals surface area contributed by atoms with Crippen molar-refractivity contribution < 1.29 is 4.79 Å². The molecule has 2 N–H and O–H groups in total. The predicted molar refractivity (Wildman–Crippen MR) is 106 cm³/mol. The highest BCUT2D eigenvalue weighted by Gasteiger charge is 2.13. The zero-order valence-electron chi connectivity index (χ0n) is 15.1. The molecule has 0 aliphatic heterocycles. The van der Waals surface area contributed by atoms with E-state index in [1.165, 1.54) is 11.8 Å². The molecule has 0 spiro atoms. The number of benzene rings is 2. The maximum Gasteiger partial charge on any atom is 0.263 e. The molecule has 2 aromatic carbocycles. The van der Waals surface area contributed by atoms with Crippen LogP contribution in [0.3, 0.4) is 0 Å². The molecule has 2 rings (SSSR count). The second-order valence-corrected chi connectivity index (χ2v) is 7.39. The molecule has 4 nitrogen and oxygen atoms in total. The van der Waals surface area contributed by atoms with Crippen LogP contribution in [0.5, 0.6) is 0 Å². The molecule has 2 aromatic rings. The normalized spacial score (nSPS) is 11.6. The van der Waals surface area contributed by atoms with Crippen LogP contribution in [-0.4, -0.2) is 5.91 Å². The lowest BCUT2D eigenvalue weighted by Gasteiger charge is -2.19. The molecular weight excluding hydrogens is 346 g/mol. The van der Waals surface area contributed by atoms with Crippen molar-refractivity contribution in [2.24, 2.45) is 0 Å². The number of hydrogen-bond acceptors (Lipinski definition) is 3. The van der Waals surface area contributed by atoms with Crippen molar-refractivity contribution in [2.45, 2.75) is 32.7 Å². The van der Waals surface area contributed by atoms with Crippen LogP contribution in [0, 0.1) is 11.3 Å². The minimum Gasteiger partial charge on any atom is -0.360 e. The number of nitriles is 1. The molecule has 0 aliphatic carbocycles. The van der Waals surface area contributed by atoms with Gasteiger partial charge in [0, 0.05) is 23.5 Å². The van der Waals surface area contributed by atoms with E-state index in [1.807, 2.05) is 42.5 Å². The van der Waals surface area contributed by atoms with Crippen molar-refractivity contribution in [3.8, 4) is 6.07 Å². The molecule has 1 amide bonds. The van der Waals surface area contributed by atoms with Crippen LogP contribution < -0.4 is 10.6 Å². The fourth-order valence-corrected chi connectivity index (χ4v) is 2.38. The SMILES string of the molecule is CC(C)(C)c1ccc(N/C=C(/C#N)C(=O)NCc2ccc(Cl)cc2)cc1. The average Bonchev–Trinajstić information content (AvgIpc) is 2.61. The Bertz CT molecular complexity index is 826. The second kappa shape index (κ2) is 8.55. The van der Waals surface area contributed by atoms with E-state index in [-0.39, 0.29) is 11.0 Å². The Kier molecular flexibility index (Phi) is 6.43. The Hall–Kier alpha value is -2.77. The van der Waals surface area contributed by atoms with E-state index in [9.17, 15) is 10.1 Å². The van der Waals surface area contributed by atoms with E-state index >= 15 is 0 Å². The van der Waals surface area contributed by atoms with Gasteiger partial charge in [0.2, 0.25) is 0 Å². The van der Waals surface area contributed by atoms with E-state index in [4.69, 9.17) is 11.6 Å². The quantitative estimate of drug-likeness (QED) is 0.590. The first-order valence-electron chi connectivity index (χ1n) is 8.29. The summed E-state index contributed by atoms with van der Waals surface area (Å²) in [4.78, 5) is 12.2. The van der Waals surface area contributed by atoms with Crippen LogP contribution in [0.1, 0.15) is 31.9 Å². The molecule has 0 fully saturated rings. The van der Waals surface area contributed by atoms with Crippen molar-refractivity contribution in [1.29, 1.82) is 5.26 Å². The van der Waals surface area contributed by atoms with Gasteiger partial charge < -0.3 is 10.6 Å². The van der Waals surface area contributed by atoms with Crippen LogP contribution in [0.15, 0.2) is 60.3 Å². The summed E-state index contributed by atoms with van der Waals surface area (Å²) in [5.74, 6) is -0.429. The third kappa shape index (κ3) is 5.65. The topological polar surface area (TPSA) is 64.9 Å². The molecule has 0 unspecified atom stereocenters. The Morgan fingerprint density at radius 3 is 2.27 bits per heavy atom. The molecule has 0 aliphatic rings. The molecule has 0 radical (unpaired) electrons. The van der Waals surface area contributed by atoms with E-state index in [0.717, 1.165) is 11.3 Å². The lowest BCUT2D eigenvalue weighted by molar-refractivity contribution is -0.117. The summed E-state index contributed by atoms with van der Waals surface area (Å²) in [5, 5.41) is 15.6. The standard InChI is InChI=1S/C21H22ClN3O/c1-21(2,3)17-6-10-19(11-7-17)24-14-16(12-23)20(26)25-13-15-4-8-18(22)9-5-15/h4-11,14,24H,13H2,1-3H3,(H,25,26)/b16-14-. The van der Waals surface area contributed by atoms with E-state index in [1.54, 1.807) is 12.1 Å². The van der Waals surface area contributed by atoms with Crippen molar-refractivity contribution in [1.82, 2.24) is 5.32 Å². The highest BCUT2D eigenvalue weighted by atomic mass is 35.5. The summed E-state index contributed by atoms with van der Waals surface area (Å²) in [6.07, 6.45) is 1.42. The third-order valence-corrected chi connectivity index (χ3v) is 4.12. The first kappa shape index (κ1) is 19.6. The summed E-state index contributed by atoms with van der Waals surface area (Å²) < 4.78 is 0. The van der Waals surface area contributed by atoms with Crippen LogP contribution in [-0.2, 0) is 16.8 Å². The summed E-state index contributed by atoms with van der Waals surface area (Å²) in [5.41, 5.74) is 3.03. The van der Waals surface area contributed by atoms with Gasteiger partial charge >= 0.3 is 0 Å². The zero-order chi connectivity index (χ0) is 19.2. The Morgan fingerprint density at radius 2 is 1.73 bits per heavy atom. The van der Waals surface area contributed by atoms with Gasteiger partial charge in [-0.15, -0.1) is 0 Å².